The summed E-state index contributed by atoms with van der Waals surface area (Å²) >= 11 is 0. The second-order valence-corrected chi connectivity index (χ2v) is 13.8. The Morgan fingerprint density at radius 2 is 0.283 bits per heavy atom. The molecule has 0 N–H and O–H groups in total. The van der Waals surface area contributed by atoms with Crippen LogP contribution in [0.3, 0.4) is 0 Å². The number of carbonyl (C=O) groups excluding carboxylic acids is 6. The Labute approximate surface area is 347 Å². The minimum absolute atomic E-state index is 0.236. The molecule has 6 nitrogen and oxygen atoms in total. The van der Waals surface area contributed by atoms with Crippen molar-refractivity contribution in [2.45, 2.75) is 0 Å². The number of carbonyl (C=O) groups is 6. The van der Waals surface area contributed by atoms with E-state index >= 15 is 0 Å². The third kappa shape index (κ3) is 9.48. The van der Waals surface area contributed by atoms with Crippen LogP contribution in [0.4, 0.5) is 0 Å². The molecule has 8 rings (SSSR count). The fourth-order valence-electron chi connectivity index (χ4n) is 6.58. The molecule has 60 heavy (non-hydrogen) atoms. The maximum atomic E-state index is 13.0. The zero-order valence-corrected chi connectivity index (χ0v) is 32.2. The molecule has 0 saturated carbocycles. The summed E-state index contributed by atoms with van der Waals surface area (Å²) in [4.78, 5) is 78.3. The van der Waals surface area contributed by atoms with E-state index < -0.39 is 0 Å². The molecule has 0 aliphatic rings. The Bertz CT molecular complexity index is 2280. The van der Waals surface area contributed by atoms with Crippen molar-refractivity contribution in [2.24, 2.45) is 0 Å². The van der Waals surface area contributed by atoms with Crippen LogP contribution in [0.2, 0.25) is 0 Å². The summed E-state index contributed by atoms with van der Waals surface area (Å²) in [5.41, 5.74) is 4.85. The summed E-state index contributed by atoms with van der Waals surface area (Å²) in [6, 6.07) is 62.3. The zero-order valence-electron chi connectivity index (χ0n) is 32.2. The smallest absolute Gasteiger partial charge is 0.193 e. The fraction of sp³-hybridized carbons (Fsp3) is 0. The van der Waals surface area contributed by atoms with E-state index in [-0.39, 0.29) is 34.7 Å². The van der Waals surface area contributed by atoms with Gasteiger partial charge in [-0.3, -0.25) is 28.8 Å². The van der Waals surface area contributed by atoms with E-state index in [4.69, 9.17) is 0 Å². The molecule has 0 aliphatic carbocycles. The van der Waals surface area contributed by atoms with Crippen LogP contribution in [0.5, 0.6) is 0 Å². The molecule has 0 amide bonds. The lowest BCUT2D eigenvalue weighted by Crippen LogP contribution is -2.10. The van der Waals surface area contributed by atoms with Crippen molar-refractivity contribution >= 4 is 34.7 Å². The van der Waals surface area contributed by atoms with E-state index in [0.717, 1.165) is 0 Å². The molecule has 0 aromatic heterocycles. The third-order valence-corrected chi connectivity index (χ3v) is 9.66. The van der Waals surface area contributed by atoms with Gasteiger partial charge in [0, 0.05) is 66.8 Å². The van der Waals surface area contributed by atoms with E-state index in [9.17, 15) is 28.8 Å². The van der Waals surface area contributed by atoms with Crippen LogP contribution in [0.25, 0.3) is 0 Å². The molecule has 0 unspecified atom stereocenters. The van der Waals surface area contributed by atoms with E-state index in [1.54, 1.807) is 182 Å². The van der Waals surface area contributed by atoms with Crippen LogP contribution >= 0.6 is 0 Å². The highest BCUT2D eigenvalue weighted by Gasteiger charge is 2.21. The molecule has 0 fully saturated rings. The van der Waals surface area contributed by atoms with Gasteiger partial charge in [-0.2, -0.15) is 0 Å². The van der Waals surface area contributed by atoms with Gasteiger partial charge in [0.25, 0.3) is 0 Å². The maximum Gasteiger partial charge on any atom is 0.193 e. The summed E-state index contributed by atoms with van der Waals surface area (Å²) in [5.74, 6) is -1.41. The monoisotopic (exact) mass is 780 g/mol. The summed E-state index contributed by atoms with van der Waals surface area (Å²) < 4.78 is 0. The van der Waals surface area contributed by atoms with Crippen LogP contribution in [-0.4, -0.2) is 34.7 Å². The van der Waals surface area contributed by atoms with Crippen molar-refractivity contribution in [3.05, 3.63) is 285 Å². The highest BCUT2D eigenvalue weighted by molar-refractivity contribution is 6.18. The van der Waals surface area contributed by atoms with Gasteiger partial charge in [0.2, 0.25) is 0 Å². The van der Waals surface area contributed by atoms with Gasteiger partial charge < -0.3 is 0 Å². The lowest BCUT2D eigenvalue weighted by molar-refractivity contribution is 0.101. The van der Waals surface area contributed by atoms with Gasteiger partial charge in [0.1, 0.15) is 0 Å². The third-order valence-electron chi connectivity index (χ3n) is 9.66. The SMILES string of the molecule is O=C(c1ccccc1)c1cc(C(=O)c2ccccc2)cc(C(=O)c2ccccc2)c1.O=C(c1ccccc1)c1cc(C(=O)c2ccccc2)cc(C(=O)c2ccccc2)c1. The Kier molecular flexibility index (Phi) is 12.5. The summed E-state index contributed by atoms with van der Waals surface area (Å²) in [6.45, 7) is 0. The second-order valence-electron chi connectivity index (χ2n) is 13.8. The lowest BCUT2D eigenvalue weighted by atomic mass is 9.92. The largest absolute Gasteiger partial charge is 0.289 e. The molecular formula is C54H36O6. The number of hydrogen-bond acceptors (Lipinski definition) is 6. The normalized spacial score (nSPS) is 10.4. The van der Waals surface area contributed by atoms with Gasteiger partial charge in [-0.05, 0) is 36.4 Å². The number of rotatable bonds is 12. The van der Waals surface area contributed by atoms with Crippen LogP contribution in [-0.2, 0) is 0 Å². The molecule has 0 radical (unpaired) electrons. The van der Waals surface area contributed by atoms with Crippen molar-refractivity contribution in [2.75, 3.05) is 0 Å². The Hall–Kier alpha value is -8.22. The second kappa shape index (κ2) is 18.8. The molecular weight excluding hydrogens is 745 g/mol. The molecule has 0 spiro atoms. The molecule has 0 atom stereocenters. The molecule has 8 aromatic carbocycles. The van der Waals surface area contributed by atoms with Crippen molar-refractivity contribution < 1.29 is 28.8 Å². The van der Waals surface area contributed by atoms with Crippen molar-refractivity contribution in [1.29, 1.82) is 0 Å². The minimum atomic E-state index is -0.236. The average molecular weight is 781 g/mol. The molecule has 8 aromatic rings. The first-order chi connectivity index (χ1) is 29.3. The first-order valence-electron chi connectivity index (χ1n) is 19.2. The van der Waals surface area contributed by atoms with Gasteiger partial charge in [-0.15, -0.1) is 0 Å². The molecule has 0 saturated heterocycles. The highest BCUT2D eigenvalue weighted by Crippen LogP contribution is 2.22. The van der Waals surface area contributed by atoms with Crippen molar-refractivity contribution in [3.8, 4) is 0 Å². The van der Waals surface area contributed by atoms with Gasteiger partial charge in [0.15, 0.2) is 34.7 Å². The van der Waals surface area contributed by atoms with Crippen LogP contribution in [0.1, 0.15) is 95.5 Å². The number of benzene rings is 8. The lowest BCUT2D eigenvalue weighted by Gasteiger charge is -2.09. The van der Waals surface area contributed by atoms with Crippen molar-refractivity contribution in [3.63, 3.8) is 0 Å². The van der Waals surface area contributed by atoms with E-state index in [1.807, 2.05) is 36.4 Å². The molecule has 0 heterocycles. The standard InChI is InChI=1S/2C27H18O3/c2*28-25(19-10-4-1-5-11-19)22-16-23(26(29)20-12-6-2-7-13-20)18-24(17-22)27(30)21-14-8-3-9-15-21/h2*1-18H. The first kappa shape index (κ1) is 40.0. The van der Waals surface area contributed by atoms with Crippen LogP contribution in [0.15, 0.2) is 218 Å². The summed E-state index contributed by atoms with van der Waals surface area (Å²) in [7, 11) is 0. The summed E-state index contributed by atoms with van der Waals surface area (Å²) in [5, 5.41) is 0. The minimum Gasteiger partial charge on any atom is -0.289 e. The molecule has 0 bridgehead atoms. The molecule has 6 heteroatoms. The fourth-order valence-corrected chi connectivity index (χ4v) is 6.58. The Balaban J connectivity index is 0.000000181. The average Bonchev–Trinajstić information content (AvgIpc) is 3.34. The van der Waals surface area contributed by atoms with Gasteiger partial charge in [-0.1, -0.05) is 182 Å². The Morgan fingerprint density at radius 1 is 0.167 bits per heavy atom. The van der Waals surface area contributed by atoms with Crippen LogP contribution in [0, 0.1) is 0 Å². The summed E-state index contributed by atoms with van der Waals surface area (Å²) in [6.07, 6.45) is 0. The highest BCUT2D eigenvalue weighted by atomic mass is 16.1. The van der Waals surface area contributed by atoms with Gasteiger partial charge in [-0.25, -0.2) is 0 Å². The first-order valence-corrected chi connectivity index (χ1v) is 19.2. The van der Waals surface area contributed by atoms with E-state index in [0.29, 0.717) is 66.8 Å². The molecule has 0 aliphatic heterocycles. The van der Waals surface area contributed by atoms with Crippen LogP contribution < -0.4 is 0 Å². The van der Waals surface area contributed by atoms with Gasteiger partial charge >= 0.3 is 0 Å². The number of ketones is 6. The quantitative estimate of drug-likeness (QED) is 0.114. The topological polar surface area (TPSA) is 102 Å². The van der Waals surface area contributed by atoms with Crippen molar-refractivity contribution in [1.82, 2.24) is 0 Å². The predicted molar refractivity (Wildman–Crippen MR) is 232 cm³/mol. The van der Waals surface area contributed by atoms with Gasteiger partial charge in [0.05, 0.1) is 0 Å². The Morgan fingerprint density at radius 3 is 0.400 bits per heavy atom. The van der Waals surface area contributed by atoms with E-state index in [1.165, 1.54) is 0 Å². The number of hydrogen-bond donors (Lipinski definition) is 0. The maximum absolute atomic E-state index is 13.0. The molecule has 288 valence electrons. The zero-order chi connectivity index (χ0) is 41.8. The van der Waals surface area contributed by atoms with E-state index in [2.05, 4.69) is 0 Å². The predicted octanol–water partition coefficient (Wildman–Crippen LogP) is 10.8.